The van der Waals surface area contributed by atoms with Gasteiger partial charge in [0.25, 0.3) is 0 Å². The van der Waals surface area contributed by atoms with Crippen molar-refractivity contribution in [1.29, 1.82) is 0 Å². The highest BCUT2D eigenvalue weighted by Crippen LogP contribution is 2.22. The van der Waals surface area contributed by atoms with Gasteiger partial charge in [-0.1, -0.05) is 36.4 Å². The summed E-state index contributed by atoms with van der Waals surface area (Å²) < 4.78 is 2.12. The van der Waals surface area contributed by atoms with Gasteiger partial charge in [-0.05, 0) is 43.0 Å². The van der Waals surface area contributed by atoms with Crippen molar-refractivity contribution < 1.29 is 0 Å². The second kappa shape index (κ2) is 5.70. The third kappa shape index (κ3) is 2.83. The molecule has 2 aromatic carbocycles. The van der Waals surface area contributed by atoms with Crippen molar-refractivity contribution in [1.82, 2.24) is 9.55 Å². The molecular weight excluding hydrogens is 258 g/mol. The topological polar surface area (TPSA) is 43.8 Å². The van der Waals surface area contributed by atoms with Crippen LogP contribution in [0.4, 0.5) is 0 Å². The Morgan fingerprint density at radius 1 is 1.14 bits per heavy atom. The molecule has 0 fully saturated rings. The van der Waals surface area contributed by atoms with E-state index in [0.717, 1.165) is 29.7 Å². The number of fused-ring (bicyclic) bond motifs is 1. The van der Waals surface area contributed by atoms with Crippen LogP contribution >= 0.6 is 0 Å². The zero-order chi connectivity index (χ0) is 14.8. The van der Waals surface area contributed by atoms with Gasteiger partial charge in [0.15, 0.2) is 0 Å². The lowest BCUT2D eigenvalue weighted by Crippen LogP contribution is -2.16. The van der Waals surface area contributed by atoms with E-state index < -0.39 is 0 Å². The van der Waals surface area contributed by atoms with Gasteiger partial charge in [0.05, 0.1) is 17.1 Å². The molecule has 0 amide bonds. The van der Waals surface area contributed by atoms with Gasteiger partial charge >= 0.3 is 0 Å². The molecule has 1 atom stereocenters. The quantitative estimate of drug-likeness (QED) is 0.794. The first-order valence-electron chi connectivity index (χ1n) is 7.37. The number of hydrogen-bond acceptors (Lipinski definition) is 2. The van der Waals surface area contributed by atoms with Crippen molar-refractivity contribution in [2.75, 3.05) is 0 Å². The third-order valence-electron chi connectivity index (χ3n) is 3.99. The van der Waals surface area contributed by atoms with Gasteiger partial charge in [-0.2, -0.15) is 0 Å². The molecule has 0 saturated heterocycles. The van der Waals surface area contributed by atoms with Gasteiger partial charge in [-0.15, -0.1) is 0 Å². The summed E-state index contributed by atoms with van der Waals surface area (Å²) in [7, 11) is 2.04. The molecule has 0 aliphatic rings. The summed E-state index contributed by atoms with van der Waals surface area (Å²) in [6, 6.07) is 16.8. The molecule has 3 aromatic rings. The minimum absolute atomic E-state index is 0.0390. The maximum absolute atomic E-state index is 6.36. The van der Waals surface area contributed by atoms with E-state index >= 15 is 0 Å². The Hall–Kier alpha value is -2.13. The van der Waals surface area contributed by atoms with E-state index in [-0.39, 0.29) is 6.04 Å². The number of hydrogen-bond donors (Lipinski definition) is 1. The molecule has 0 radical (unpaired) electrons. The number of imidazole rings is 1. The first kappa shape index (κ1) is 13.8. The van der Waals surface area contributed by atoms with Crippen LogP contribution in [0.5, 0.6) is 0 Å². The Morgan fingerprint density at radius 3 is 2.67 bits per heavy atom. The summed E-state index contributed by atoms with van der Waals surface area (Å²) in [5.74, 6) is 0.964. The predicted molar refractivity (Wildman–Crippen MR) is 87.1 cm³/mol. The first-order valence-corrected chi connectivity index (χ1v) is 7.37. The molecular formula is C18H21N3. The van der Waals surface area contributed by atoms with Crippen LogP contribution in [0.25, 0.3) is 11.0 Å². The fraction of sp³-hybridized carbons (Fsp3) is 0.278. The highest BCUT2D eigenvalue weighted by molar-refractivity contribution is 5.76. The van der Waals surface area contributed by atoms with Crippen molar-refractivity contribution in [3.63, 3.8) is 0 Å². The van der Waals surface area contributed by atoms with Crippen LogP contribution in [0, 0.1) is 6.92 Å². The Bertz CT molecular complexity index is 744. The molecule has 108 valence electrons. The van der Waals surface area contributed by atoms with Crippen LogP contribution in [0.3, 0.4) is 0 Å². The lowest BCUT2D eigenvalue weighted by Gasteiger charge is -2.11. The number of nitrogens with two attached hydrogens (primary N) is 1. The summed E-state index contributed by atoms with van der Waals surface area (Å²) in [5.41, 5.74) is 11.1. The number of aromatic nitrogens is 2. The Labute approximate surface area is 125 Å². The average Bonchev–Trinajstić information content (AvgIpc) is 2.82. The predicted octanol–water partition coefficient (Wildman–Crippen LogP) is 3.51. The average molecular weight is 279 g/mol. The maximum atomic E-state index is 6.36. The second-order valence-electron chi connectivity index (χ2n) is 5.65. The molecule has 0 saturated carbocycles. The zero-order valence-electron chi connectivity index (χ0n) is 12.6. The van der Waals surface area contributed by atoms with E-state index in [0.29, 0.717) is 0 Å². The van der Waals surface area contributed by atoms with Gasteiger partial charge < -0.3 is 10.3 Å². The SMILES string of the molecule is Cc1ccc2c(c1)nc(C(N)CCc1ccccc1)n2C. The van der Waals surface area contributed by atoms with Gasteiger partial charge in [0.2, 0.25) is 0 Å². The molecule has 3 nitrogen and oxygen atoms in total. The summed E-state index contributed by atoms with van der Waals surface area (Å²) >= 11 is 0. The number of benzene rings is 2. The van der Waals surface area contributed by atoms with Crippen LogP contribution in [-0.4, -0.2) is 9.55 Å². The van der Waals surface area contributed by atoms with E-state index in [1.54, 1.807) is 0 Å². The summed E-state index contributed by atoms with van der Waals surface area (Å²) in [6.07, 6.45) is 1.88. The monoisotopic (exact) mass is 279 g/mol. The summed E-state index contributed by atoms with van der Waals surface area (Å²) in [4.78, 5) is 4.72. The number of rotatable bonds is 4. The van der Waals surface area contributed by atoms with E-state index in [1.165, 1.54) is 11.1 Å². The minimum Gasteiger partial charge on any atom is -0.330 e. The van der Waals surface area contributed by atoms with Crippen LogP contribution < -0.4 is 5.73 Å². The van der Waals surface area contributed by atoms with Crippen LogP contribution in [0.1, 0.15) is 29.4 Å². The van der Waals surface area contributed by atoms with Gasteiger partial charge in [-0.25, -0.2) is 4.98 Å². The number of nitrogens with zero attached hydrogens (tertiary/aromatic N) is 2. The molecule has 1 aromatic heterocycles. The van der Waals surface area contributed by atoms with Crippen molar-refractivity contribution >= 4 is 11.0 Å². The lowest BCUT2D eigenvalue weighted by atomic mass is 10.1. The molecule has 3 heteroatoms. The molecule has 0 spiro atoms. The number of aryl methyl sites for hydroxylation is 3. The molecule has 3 rings (SSSR count). The van der Waals surface area contributed by atoms with Crippen LogP contribution in [-0.2, 0) is 13.5 Å². The lowest BCUT2D eigenvalue weighted by molar-refractivity contribution is 0.592. The normalized spacial score (nSPS) is 12.7. The van der Waals surface area contributed by atoms with Crippen molar-refractivity contribution in [2.24, 2.45) is 12.8 Å². The first-order chi connectivity index (χ1) is 10.1. The highest BCUT2D eigenvalue weighted by atomic mass is 15.1. The van der Waals surface area contributed by atoms with E-state index in [2.05, 4.69) is 54.0 Å². The molecule has 0 aliphatic heterocycles. The van der Waals surface area contributed by atoms with Crippen molar-refractivity contribution in [3.05, 3.63) is 65.5 Å². The van der Waals surface area contributed by atoms with E-state index in [4.69, 9.17) is 10.7 Å². The fourth-order valence-corrected chi connectivity index (χ4v) is 2.76. The summed E-state index contributed by atoms with van der Waals surface area (Å²) in [6.45, 7) is 2.09. The Morgan fingerprint density at radius 2 is 1.90 bits per heavy atom. The standard InChI is InChI=1S/C18H21N3/c1-13-8-11-17-16(12-13)20-18(21(17)2)15(19)10-9-14-6-4-3-5-7-14/h3-8,11-12,15H,9-10,19H2,1-2H3. The Balaban J connectivity index is 1.81. The second-order valence-corrected chi connectivity index (χ2v) is 5.65. The van der Waals surface area contributed by atoms with Crippen molar-refractivity contribution in [2.45, 2.75) is 25.8 Å². The Kier molecular flexibility index (Phi) is 3.76. The van der Waals surface area contributed by atoms with Gasteiger partial charge in [0.1, 0.15) is 5.82 Å². The minimum atomic E-state index is -0.0390. The largest absolute Gasteiger partial charge is 0.330 e. The van der Waals surface area contributed by atoms with Crippen molar-refractivity contribution in [3.8, 4) is 0 Å². The third-order valence-corrected chi connectivity index (χ3v) is 3.99. The van der Waals surface area contributed by atoms with E-state index in [1.807, 2.05) is 13.1 Å². The fourth-order valence-electron chi connectivity index (χ4n) is 2.76. The maximum Gasteiger partial charge on any atom is 0.126 e. The molecule has 21 heavy (non-hydrogen) atoms. The molecule has 1 unspecified atom stereocenters. The van der Waals surface area contributed by atoms with Crippen LogP contribution in [0.15, 0.2) is 48.5 Å². The van der Waals surface area contributed by atoms with E-state index in [9.17, 15) is 0 Å². The molecule has 1 heterocycles. The zero-order valence-corrected chi connectivity index (χ0v) is 12.6. The molecule has 0 bridgehead atoms. The molecule has 0 aliphatic carbocycles. The summed E-state index contributed by atoms with van der Waals surface area (Å²) in [5, 5.41) is 0. The van der Waals surface area contributed by atoms with Gasteiger partial charge in [0, 0.05) is 7.05 Å². The smallest absolute Gasteiger partial charge is 0.126 e. The van der Waals surface area contributed by atoms with Gasteiger partial charge in [-0.3, -0.25) is 0 Å². The highest BCUT2D eigenvalue weighted by Gasteiger charge is 2.14. The molecule has 2 N–H and O–H groups in total. The van der Waals surface area contributed by atoms with Crippen LogP contribution in [0.2, 0.25) is 0 Å².